The third-order valence-electron chi connectivity index (χ3n) is 2.47. The molecular weight excluding hydrogens is 226 g/mol. The lowest BCUT2D eigenvalue weighted by Crippen LogP contribution is -2.37. The molecule has 0 amide bonds. The Hall–Kier alpha value is -0.920. The van der Waals surface area contributed by atoms with Crippen molar-refractivity contribution in [1.29, 1.82) is 0 Å². The Morgan fingerprint density at radius 3 is 2.94 bits per heavy atom. The fourth-order valence-corrected chi connectivity index (χ4v) is 2.15. The Morgan fingerprint density at radius 1 is 1.44 bits per heavy atom. The second-order valence-electron chi connectivity index (χ2n) is 3.69. The summed E-state index contributed by atoms with van der Waals surface area (Å²) in [5.74, 6) is 0.348. The van der Waals surface area contributed by atoms with Crippen LogP contribution in [0.4, 0.5) is 11.1 Å². The molecule has 3 N–H and O–H groups in total. The molecule has 1 aromatic heterocycles. The molecule has 1 aliphatic heterocycles. The van der Waals surface area contributed by atoms with E-state index in [2.05, 4.69) is 19.6 Å². The van der Waals surface area contributed by atoms with Crippen molar-refractivity contribution in [3.63, 3.8) is 0 Å². The van der Waals surface area contributed by atoms with E-state index in [1.165, 1.54) is 11.5 Å². The molecule has 1 saturated heterocycles. The molecule has 0 radical (unpaired) electrons. The third-order valence-corrected chi connectivity index (χ3v) is 3.16. The van der Waals surface area contributed by atoms with Crippen molar-refractivity contribution >= 4 is 22.6 Å². The van der Waals surface area contributed by atoms with Gasteiger partial charge in [-0.15, -0.1) is 0 Å². The molecule has 2 rings (SSSR count). The van der Waals surface area contributed by atoms with Gasteiger partial charge in [-0.1, -0.05) is 0 Å². The zero-order valence-corrected chi connectivity index (χ0v) is 10.0. The van der Waals surface area contributed by atoms with E-state index in [0.717, 1.165) is 50.9 Å². The van der Waals surface area contributed by atoms with Gasteiger partial charge in [-0.25, -0.2) is 0 Å². The summed E-state index contributed by atoms with van der Waals surface area (Å²) in [4.78, 5) is 6.45. The molecule has 1 fully saturated rings. The first-order valence-electron chi connectivity index (χ1n) is 5.48. The van der Waals surface area contributed by atoms with Crippen LogP contribution in [0.3, 0.4) is 0 Å². The Bertz CT molecular complexity index is 313. The van der Waals surface area contributed by atoms with Crippen molar-refractivity contribution in [2.24, 2.45) is 0 Å². The van der Waals surface area contributed by atoms with Crippen LogP contribution in [0.2, 0.25) is 0 Å². The average molecular weight is 243 g/mol. The molecule has 1 aliphatic rings. The highest BCUT2D eigenvalue weighted by Crippen LogP contribution is 2.11. The number of hydrogen-bond acceptors (Lipinski definition) is 7. The van der Waals surface area contributed by atoms with Crippen LogP contribution in [-0.4, -0.2) is 53.7 Å². The summed E-state index contributed by atoms with van der Waals surface area (Å²) in [5, 5.41) is 4.02. The number of nitrogens with zero attached hydrogens (tertiary/aromatic N) is 3. The van der Waals surface area contributed by atoms with Crippen LogP contribution in [0, 0.1) is 0 Å². The first kappa shape index (κ1) is 11.6. The predicted molar refractivity (Wildman–Crippen MR) is 64.7 cm³/mol. The summed E-state index contributed by atoms with van der Waals surface area (Å²) in [5.41, 5.74) is 5.43. The summed E-state index contributed by atoms with van der Waals surface area (Å²) in [6.07, 6.45) is 1.10. The summed E-state index contributed by atoms with van der Waals surface area (Å²) in [6, 6.07) is 0. The van der Waals surface area contributed by atoms with Gasteiger partial charge in [-0.05, 0) is 13.0 Å². The highest BCUT2D eigenvalue weighted by atomic mass is 32.1. The fourth-order valence-electron chi connectivity index (χ4n) is 1.63. The third kappa shape index (κ3) is 3.58. The summed E-state index contributed by atoms with van der Waals surface area (Å²) in [6.45, 7) is 5.83. The maximum Gasteiger partial charge on any atom is 0.233 e. The molecular formula is C9H17N5OS. The van der Waals surface area contributed by atoms with Crippen molar-refractivity contribution < 1.29 is 4.74 Å². The standard InChI is InChI=1S/C9H17N5OS/c10-8-12-9(16-13-8)11-2-1-3-14-4-6-15-7-5-14/h1-7H2,(H3,10,11,12,13). The Kier molecular flexibility index (Phi) is 4.32. The van der Waals surface area contributed by atoms with E-state index in [1.807, 2.05) is 0 Å². The molecule has 90 valence electrons. The minimum absolute atomic E-state index is 0.348. The molecule has 0 saturated carbocycles. The van der Waals surface area contributed by atoms with Gasteiger partial charge >= 0.3 is 0 Å². The van der Waals surface area contributed by atoms with Crippen molar-refractivity contribution in [3.05, 3.63) is 0 Å². The average Bonchev–Trinajstić information content (AvgIpc) is 2.72. The lowest BCUT2D eigenvalue weighted by atomic mass is 10.3. The monoisotopic (exact) mass is 243 g/mol. The number of hydrogen-bond donors (Lipinski definition) is 2. The van der Waals surface area contributed by atoms with Crippen molar-refractivity contribution in [1.82, 2.24) is 14.3 Å². The maximum atomic E-state index is 5.43. The largest absolute Gasteiger partial charge is 0.379 e. The van der Waals surface area contributed by atoms with Crippen molar-refractivity contribution in [2.75, 3.05) is 50.4 Å². The molecule has 0 aliphatic carbocycles. The maximum absolute atomic E-state index is 5.43. The zero-order chi connectivity index (χ0) is 11.2. The molecule has 7 heteroatoms. The second kappa shape index (κ2) is 5.97. The molecule has 6 nitrogen and oxygen atoms in total. The van der Waals surface area contributed by atoms with Gasteiger partial charge in [0.05, 0.1) is 13.2 Å². The van der Waals surface area contributed by atoms with Crippen LogP contribution in [0.5, 0.6) is 0 Å². The Morgan fingerprint density at radius 2 is 2.25 bits per heavy atom. The normalized spacial score (nSPS) is 17.5. The van der Waals surface area contributed by atoms with Gasteiger partial charge in [0.15, 0.2) is 0 Å². The fraction of sp³-hybridized carbons (Fsp3) is 0.778. The van der Waals surface area contributed by atoms with Crippen LogP contribution in [0.15, 0.2) is 0 Å². The molecule has 0 spiro atoms. The van der Waals surface area contributed by atoms with E-state index < -0.39 is 0 Å². The molecule has 2 heterocycles. The zero-order valence-electron chi connectivity index (χ0n) is 9.19. The molecule has 16 heavy (non-hydrogen) atoms. The minimum atomic E-state index is 0.348. The number of nitrogens with two attached hydrogens (primary N) is 1. The van der Waals surface area contributed by atoms with E-state index >= 15 is 0 Å². The van der Waals surface area contributed by atoms with Crippen molar-refractivity contribution in [3.8, 4) is 0 Å². The van der Waals surface area contributed by atoms with Crippen LogP contribution in [0.25, 0.3) is 0 Å². The highest BCUT2D eigenvalue weighted by molar-refractivity contribution is 7.09. The number of nitrogen functional groups attached to an aromatic ring is 1. The van der Waals surface area contributed by atoms with Gasteiger partial charge in [0.1, 0.15) is 0 Å². The van der Waals surface area contributed by atoms with Gasteiger partial charge in [-0.3, -0.25) is 4.90 Å². The number of nitrogens with one attached hydrogen (secondary N) is 1. The number of rotatable bonds is 5. The van der Waals surface area contributed by atoms with E-state index in [1.54, 1.807) is 0 Å². The highest BCUT2D eigenvalue weighted by Gasteiger charge is 2.09. The van der Waals surface area contributed by atoms with E-state index in [0.29, 0.717) is 5.95 Å². The number of anilines is 2. The molecule has 1 aromatic rings. The van der Waals surface area contributed by atoms with Crippen molar-refractivity contribution in [2.45, 2.75) is 6.42 Å². The van der Waals surface area contributed by atoms with Crippen LogP contribution in [0.1, 0.15) is 6.42 Å². The number of aromatic nitrogens is 2. The quantitative estimate of drug-likeness (QED) is 0.722. The first-order chi connectivity index (χ1) is 7.84. The van der Waals surface area contributed by atoms with Gasteiger partial charge in [0.2, 0.25) is 11.1 Å². The summed E-state index contributed by atoms with van der Waals surface area (Å²) < 4.78 is 9.19. The van der Waals surface area contributed by atoms with Crippen LogP contribution >= 0.6 is 11.5 Å². The summed E-state index contributed by atoms with van der Waals surface area (Å²) >= 11 is 1.30. The Labute approximate surface area is 99.0 Å². The van der Waals surface area contributed by atoms with Crippen LogP contribution in [-0.2, 0) is 4.74 Å². The van der Waals surface area contributed by atoms with Gasteiger partial charge in [-0.2, -0.15) is 9.36 Å². The topological polar surface area (TPSA) is 76.3 Å². The summed E-state index contributed by atoms with van der Waals surface area (Å²) in [7, 11) is 0. The van der Waals surface area contributed by atoms with Gasteiger partial charge < -0.3 is 15.8 Å². The first-order valence-corrected chi connectivity index (χ1v) is 6.25. The molecule has 0 unspecified atom stereocenters. The Balaban J connectivity index is 1.57. The minimum Gasteiger partial charge on any atom is -0.379 e. The lowest BCUT2D eigenvalue weighted by molar-refractivity contribution is 0.0378. The van der Waals surface area contributed by atoms with Gasteiger partial charge in [0.25, 0.3) is 0 Å². The second-order valence-corrected chi connectivity index (χ2v) is 4.44. The number of ether oxygens (including phenoxy) is 1. The molecule has 0 aromatic carbocycles. The van der Waals surface area contributed by atoms with Gasteiger partial charge in [0, 0.05) is 31.2 Å². The van der Waals surface area contributed by atoms with E-state index in [4.69, 9.17) is 10.5 Å². The molecule has 0 atom stereocenters. The van der Waals surface area contributed by atoms with Crippen LogP contribution < -0.4 is 11.1 Å². The van der Waals surface area contributed by atoms with E-state index in [-0.39, 0.29) is 0 Å². The lowest BCUT2D eigenvalue weighted by Gasteiger charge is -2.26. The SMILES string of the molecule is Nc1nsc(NCCCN2CCOCC2)n1. The number of morpholine rings is 1. The van der Waals surface area contributed by atoms with E-state index in [9.17, 15) is 0 Å². The molecule has 0 bridgehead atoms. The smallest absolute Gasteiger partial charge is 0.233 e. The predicted octanol–water partition coefficient (Wildman–Crippen LogP) is 0.254.